The van der Waals surface area contributed by atoms with Gasteiger partial charge in [-0.15, -0.1) is 0 Å². The first-order valence-electron chi connectivity index (χ1n) is 4.44. The molecule has 0 aliphatic heterocycles. The van der Waals surface area contributed by atoms with Crippen LogP contribution in [0.2, 0.25) is 0 Å². The maximum Gasteiger partial charge on any atom is 0.470 e. The van der Waals surface area contributed by atoms with Gasteiger partial charge in [0, 0.05) is 0 Å². The molecule has 15 heavy (non-hydrogen) atoms. The van der Waals surface area contributed by atoms with Crippen molar-refractivity contribution in [2.45, 2.75) is 13.0 Å². The van der Waals surface area contributed by atoms with Crippen molar-refractivity contribution in [3.8, 4) is 0 Å². The molecular formula is C10H13O4P. The smallest absolute Gasteiger partial charge is 0.303 e. The van der Waals surface area contributed by atoms with Gasteiger partial charge in [0.2, 0.25) is 0 Å². The van der Waals surface area contributed by atoms with Gasteiger partial charge in [0.1, 0.15) is 0 Å². The molecule has 1 atom stereocenters. The van der Waals surface area contributed by atoms with Gasteiger partial charge in [-0.2, -0.15) is 0 Å². The molecule has 0 aromatic heterocycles. The van der Waals surface area contributed by atoms with Gasteiger partial charge in [-0.25, -0.2) is 4.57 Å². The van der Waals surface area contributed by atoms with Crippen LogP contribution in [0.5, 0.6) is 0 Å². The van der Waals surface area contributed by atoms with Crippen molar-refractivity contribution in [1.29, 1.82) is 0 Å². The zero-order valence-electron chi connectivity index (χ0n) is 8.28. The van der Waals surface area contributed by atoms with Crippen molar-refractivity contribution in [3.05, 3.63) is 42.0 Å². The average molecular weight is 228 g/mol. The highest BCUT2D eigenvalue weighted by Gasteiger charge is 2.16. The minimum absolute atomic E-state index is 0.619. The van der Waals surface area contributed by atoms with Crippen molar-refractivity contribution in [1.82, 2.24) is 0 Å². The van der Waals surface area contributed by atoms with Crippen LogP contribution in [0.1, 0.15) is 12.5 Å². The largest absolute Gasteiger partial charge is 0.470 e. The van der Waals surface area contributed by atoms with E-state index in [9.17, 15) is 4.57 Å². The molecule has 0 aliphatic rings. The van der Waals surface area contributed by atoms with Crippen molar-refractivity contribution in [2.75, 3.05) is 0 Å². The molecule has 1 aromatic carbocycles. The maximum atomic E-state index is 10.5. The van der Waals surface area contributed by atoms with E-state index in [4.69, 9.17) is 9.79 Å². The fraction of sp³-hybridized carbons (Fsp3) is 0.200. The summed E-state index contributed by atoms with van der Waals surface area (Å²) in [5, 5.41) is 0. The van der Waals surface area contributed by atoms with Gasteiger partial charge in [0.05, 0.1) is 6.10 Å². The number of benzene rings is 1. The summed E-state index contributed by atoms with van der Waals surface area (Å²) >= 11 is 0. The summed E-state index contributed by atoms with van der Waals surface area (Å²) in [6, 6.07) is 9.44. The molecule has 1 rings (SSSR count). The minimum Gasteiger partial charge on any atom is -0.303 e. The summed E-state index contributed by atoms with van der Waals surface area (Å²) < 4.78 is 14.9. The molecule has 0 amide bonds. The second kappa shape index (κ2) is 5.24. The molecule has 0 saturated carbocycles. The van der Waals surface area contributed by atoms with E-state index in [0.29, 0.717) is 0 Å². The summed E-state index contributed by atoms with van der Waals surface area (Å²) in [6.07, 6.45) is 2.72. The van der Waals surface area contributed by atoms with E-state index in [1.807, 2.05) is 30.3 Å². The Morgan fingerprint density at radius 3 is 2.47 bits per heavy atom. The Hall–Kier alpha value is -0.930. The molecule has 2 N–H and O–H groups in total. The maximum absolute atomic E-state index is 10.5. The van der Waals surface area contributed by atoms with E-state index >= 15 is 0 Å². The molecule has 4 nitrogen and oxygen atoms in total. The second-order valence-electron chi connectivity index (χ2n) is 3.07. The van der Waals surface area contributed by atoms with Gasteiger partial charge in [-0.1, -0.05) is 42.5 Å². The lowest BCUT2D eigenvalue weighted by molar-refractivity contribution is 0.172. The Morgan fingerprint density at radius 2 is 1.93 bits per heavy atom. The molecule has 0 spiro atoms. The first-order chi connectivity index (χ1) is 6.97. The third-order valence-corrected chi connectivity index (χ3v) is 2.27. The Morgan fingerprint density at radius 1 is 1.33 bits per heavy atom. The Balaban J connectivity index is 2.55. The molecule has 0 aliphatic carbocycles. The second-order valence-corrected chi connectivity index (χ2v) is 4.26. The van der Waals surface area contributed by atoms with Crippen LogP contribution in [-0.4, -0.2) is 15.9 Å². The van der Waals surface area contributed by atoms with Crippen molar-refractivity contribution in [2.24, 2.45) is 0 Å². The van der Waals surface area contributed by atoms with E-state index in [1.54, 1.807) is 19.1 Å². The normalized spacial score (nSPS) is 14.3. The van der Waals surface area contributed by atoms with E-state index in [2.05, 4.69) is 4.52 Å². The van der Waals surface area contributed by atoms with Gasteiger partial charge >= 0.3 is 7.82 Å². The van der Waals surface area contributed by atoms with Crippen LogP contribution >= 0.6 is 7.82 Å². The highest BCUT2D eigenvalue weighted by Crippen LogP contribution is 2.37. The molecule has 0 bridgehead atoms. The number of hydrogen-bond acceptors (Lipinski definition) is 2. The van der Waals surface area contributed by atoms with Crippen molar-refractivity contribution >= 4 is 13.9 Å². The van der Waals surface area contributed by atoms with Gasteiger partial charge < -0.3 is 9.79 Å². The van der Waals surface area contributed by atoms with Gasteiger partial charge in [-0.05, 0) is 12.5 Å². The summed E-state index contributed by atoms with van der Waals surface area (Å²) in [5.41, 5.74) is 0.957. The lowest BCUT2D eigenvalue weighted by Gasteiger charge is -2.08. The topological polar surface area (TPSA) is 66.8 Å². The van der Waals surface area contributed by atoms with Gasteiger partial charge in [0.25, 0.3) is 0 Å². The van der Waals surface area contributed by atoms with Gasteiger partial charge in [-0.3, -0.25) is 4.52 Å². The summed E-state index contributed by atoms with van der Waals surface area (Å²) in [5.74, 6) is 0. The number of phosphoric acid groups is 1. The van der Waals surface area contributed by atoms with Crippen LogP contribution in [0.3, 0.4) is 0 Å². The molecular weight excluding hydrogens is 215 g/mol. The molecule has 0 radical (unpaired) electrons. The van der Waals surface area contributed by atoms with Crippen LogP contribution in [0.25, 0.3) is 6.08 Å². The minimum atomic E-state index is -4.39. The first kappa shape index (κ1) is 12.1. The Kier molecular flexibility index (Phi) is 4.24. The predicted molar refractivity (Wildman–Crippen MR) is 58.1 cm³/mol. The Labute approximate surface area is 88.5 Å². The van der Waals surface area contributed by atoms with E-state index in [1.165, 1.54) is 0 Å². The third-order valence-electron chi connectivity index (χ3n) is 1.66. The SMILES string of the molecule is CC(C=Cc1ccccc1)OP(=O)(O)O. The zero-order valence-corrected chi connectivity index (χ0v) is 9.17. The molecule has 5 heteroatoms. The molecule has 0 fully saturated rings. The summed E-state index contributed by atoms with van der Waals surface area (Å²) in [7, 11) is -4.39. The number of rotatable bonds is 4. The molecule has 1 unspecified atom stereocenters. The molecule has 1 aromatic rings. The first-order valence-corrected chi connectivity index (χ1v) is 5.97. The molecule has 0 heterocycles. The van der Waals surface area contributed by atoms with Crippen molar-refractivity contribution in [3.63, 3.8) is 0 Å². The standard InChI is InChI=1S/C10H13O4P/c1-9(14-15(11,12)13)7-8-10-5-3-2-4-6-10/h2-9H,1H3,(H2,11,12,13). The van der Waals surface area contributed by atoms with Crippen LogP contribution in [0, 0.1) is 0 Å². The number of hydrogen-bond donors (Lipinski definition) is 2. The highest BCUT2D eigenvalue weighted by molar-refractivity contribution is 7.46. The van der Waals surface area contributed by atoms with E-state index in [0.717, 1.165) is 5.56 Å². The van der Waals surface area contributed by atoms with E-state index < -0.39 is 13.9 Å². The summed E-state index contributed by atoms with van der Waals surface area (Å²) in [4.78, 5) is 17.1. The fourth-order valence-electron chi connectivity index (χ4n) is 1.06. The zero-order chi connectivity index (χ0) is 11.3. The van der Waals surface area contributed by atoms with E-state index in [-0.39, 0.29) is 0 Å². The summed E-state index contributed by atoms with van der Waals surface area (Å²) in [6.45, 7) is 1.57. The quantitative estimate of drug-likeness (QED) is 0.775. The van der Waals surface area contributed by atoms with Crippen LogP contribution in [0.4, 0.5) is 0 Å². The van der Waals surface area contributed by atoms with Crippen molar-refractivity contribution < 1.29 is 18.9 Å². The molecule has 0 saturated heterocycles. The average Bonchev–Trinajstić information content (AvgIpc) is 2.14. The highest BCUT2D eigenvalue weighted by atomic mass is 31.2. The lowest BCUT2D eigenvalue weighted by Crippen LogP contribution is -2.01. The lowest BCUT2D eigenvalue weighted by atomic mass is 10.2. The van der Waals surface area contributed by atoms with Gasteiger partial charge in [0.15, 0.2) is 0 Å². The van der Waals surface area contributed by atoms with Crippen LogP contribution in [-0.2, 0) is 9.09 Å². The monoisotopic (exact) mass is 228 g/mol. The number of phosphoric ester groups is 1. The van der Waals surface area contributed by atoms with Crippen LogP contribution in [0.15, 0.2) is 36.4 Å². The predicted octanol–water partition coefficient (Wildman–Crippen LogP) is 2.20. The Bertz CT molecular complexity index is 368. The molecule has 82 valence electrons. The third kappa shape index (κ3) is 5.50. The fourth-order valence-corrected chi connectivity index (χ4v) is 1.57. The van der Waals surface area contributed by atoms with Crippen LogP contribution < -0.4 is 0 Å².